The van der Waals surface area contributed by atoms with E-state index in [-0.39, 0.29) is 6.61 Å². The fraction of sp³-hybridized carbons (Fsp3) is 0.333. The molecule has 0 unspecified atom stereocenters. The molecule has 0 aliphatic carbocycles. The second-order valence-corrected chi connectivity index (χ2v) is 4.66. The molecule has 2 rings (SSSR count). The molecule has 0 bridgehead atoms. The van der Waals surface area contributed by atoms with E-state index in [2.05, 4.69) is 10.2 Å². The summed E-state index contributed by atoms with van der Waals surface area (Å²) in [7, 11) is 0. The monoisotopic (exact) mass is 285 g/mol. The van der Waals surface area contributed by atoms with E-state index < -0.39 is 0 Å². The van der Waals surface area contributed by atoms with Gasteiger partial charge in [0.2, 0.25) is 0 Å². The minimum atomic E-state index is -0.158. The SMILES string of the molecule is CCCn1c(CO)nnc1-c1c(Cl)cccc1Cl. The van der Waals surface area contributed by atoms with E-state index in [1.165, 1.54) is 0 Å². The summed E-state index contributed by atoms with van der Waals surface area (Å²) < 4.78 is 1.84. The fourth-order valence-electron chi connectivity index (χ4n) is 1.81. The molecule has 6 heteroatoms. The highest BCUT2D eigenvalue weighted by Crippen LogP contribution is 2.33. The van der Waals surface area contributed by atoms with Crippen molar-refractivity contribution < 1.29 is 5.11 Å². The van der Waals surface area contributed by atoms with Crippen LogP contribution in [-0.4, -0.2) is 19.9 Å². The third-order valence-electron chi connectivity index (χ3n) is 2.60. The first-order chi connectivity index (χ1) is 8.69. The summed E-state index contributed by atoms with van der Waals surface area (Å²) in [6.07, 6.45) is 0.903. The predicted molar refractivity (Wildman–Crippen MR) is 71.7 cm³/mol. The normalized spacial score (nSPS) is 10.9. The van der Waals surface area contributed by atoms with E-state index >= 15 is 0 Å². The van der Waals surface area contributed by atoms with Gasteiger partial charge in [0.1, 0.15) is 6.61 Å². The van der Waals surface area contributed by atoms with Gasteiger partial charge in [-0.15, -0.1) is 10.2 Å². The third kappa shape index (κ3) is 2.36. The molecule has 1 N–H and O–H groups in total. The summed E-state index contributed by atoms with van der Waals surface area (Å²) in [5.74, 6) is 1.11. The Hall–Kier alpha value is -1.10. The molecule has 0 saturated heterocycles. The molecule has 1 aromatic heterocycles. The van der Waals surface area contributed by atoms with Crippen LogP contribution in [0.1, 0.15) is 19.2 Å². The number of halogens is 2. The number of aliphatic hydroxyl groups is 1. The lowest BCUT2D eigenvalue weighted by Gasteiger charge is -2.10. The average molecular weight is 286 g/mol. The van der Waals surface area contributed by atoms with E-state index in [1.807, 2.05) is 11.5 Å². The van der Waals surface area contributed by atoms with Gasteiger partial charge in [0, 0.05) is 6.54 Å². The van der Waals surface area contributed by atoms with Crippen LogP contribution < -0.4 is 0 Å². The van der Waals surface area contributed by atoms with Gasteiger partial charge in [-0.2, -0.15) is 0 Å². The molecule has 2 aromatic rings. The minimum Gasteiger partial charge on any atom is -0.388 e. The maximum absolute atomic E-state index is 9.25. The Balaban J connectivity index is 2.60. The van der Waals surface area contributed by atoms with Crippen LogP contribution in [0.25, 0.3) is 11.4 Å². The molecular formula is C12H13Cl2N3O. The Morgan fingerprint density at radius 2 is 1.89 bits per heavy atom. The van der Waals surface area contributed by atoms with Crippen molar-refractivity contribution in [3.8, 4) is 11.4 Å². The van der Waals surface area contributed by atoms with Crippen LogP contribution in [0.2, 0.25) is 10.0 Å². The Labute approximate surface area is 115 Å². The molecule has 18 heavy (non-hydrogen) atoms. The number of nitrogens with zero attached hydrogens (tertiary/aromatic N) is 3. The van der Waals surface area contributed by atoms with Gasteiger partial charge in [0.05, 0.1) is 15.6 Å². The zero-order valence-corrected chi connectivity index (χ0v) is 11.4. The van der Waals surface area contributed by atoms with Gasteiger partial charge < -0.3 is 9.67 Å². The summed E-state index contributed by atoms with van der Waals surface area (Å²) in [6.45, 7) is 2.59. The lowest BCUT2D eigenvalue weighted by Crippen LogP contribution is -2.05. The Morgan fingerprint density at radius 3 is 2.44 bits per heavy atom. The predicted octanol–water partition coefficient (Wildman–Crippen LogP) is 3.15. The first-order valence-corrected chi connectivity index (χ1v) is 6.42. The average Bonchev–Trinajstić information content (AvgIpc) is 2.73. The van der Waals surface area contributed by atoms with Crippen LogP contribution in [0.5, 0.6) is 0 Å². The molecule has 0 radical (unpaired) electrons. The summed E-state index contributed by atoms with van der Waals surface area (Å²) in [5.41, 5.74) is 0.654. The number of aromatic nitrogens is 3. The molecule has 1 aromatic carbocycles. The van der Waals surface area contributed by atoms with Gasteiger partial charge in [-0.1, -0.05) is 36.2 Å². The summed E-state index contributed by atoms with van der Waals surface area (Å²) in [6, 6.07) is 5.29. The molecule has 4 nitrogen and oxygen atoms in total. The lowest BCUT2D eigenvalue weighted by atomic mass is 10.2. The smallest absolute Gasteiger partial charge is 0.167 e. The van der Waals surface area contributed by atoms with Crippen molar-refractivity contribution in [1.82, 2.24) is 14.8 Å². The quantitative estimate of drug-likeness (QED) is 0.939. The van der Waals surface area contributed by atoms with Crippen molar-refractivity contribution in [2.75, 3.05) is 0 Å². The van der Waals surface area contributed by atoms with Crippen molar-refractivity contribution in [3.05, 3.63) is 34.1 Å². The number of benzene rings is 1. The zero-order chi connectivity index (χ0) is 13.1. The number of hydrogen-bond acceptors (Lipinski definition) is 3. The summed E-state index contributed by atoms with van der Waals surface area (Å²) in [5, 5.41) is 18.3. The second-order valence-electron chi connectivity index (χ2n) is 3.85. The molecule has 0 aliphatic rings. The first kappa shape index (κ1) is 13.3. The highest BCUT2D eigenvalue weighted by Gasteiger charge is 2.17. The van der Waals surface area contributed by atoms with Crippen molar-refractivity contribution in [3.63, 3.8) is 0 Å². The number of rotatable bonds is 4. The molecule has 0 spiro atoms. The van der Waals surface area contributed by atoms with Crippen molar-refractivity contribution in [2.45, 2.75) is 26.5 Å². The van der Waals surface area contributed by atoms with E-state index in [4.69, 9.17) is 23.2 Å². The van der Waals surface area contributed by atoms with Crippen molar-refractivity contribution >= 4 is 23.2 Å². The maximum Gasteiger partial charge on any atom is 0.167 e. The Bertz CT molecular complexity index is 534. The van der Waals surface area contributed by atoms with Crippen LogP contribution in [0, 0.1) is 0 Å². The van der Waals surface area contributed by atoms with Crippen LogP contribution >= 0.6 is 23.2 Å². The summed E-state index contributed by atoms with van der Waals surface area (Å²) in [4.78, 5) is 0. The van der Waals surface area contributed by atoms with E-state index in [1.54, 1.807) is 18.2 Å². The number of hydrogen-bond donors (Lipinski definition) is 1. The molecule has 0 saturated carbocycles. The second kappa shape index (κ2) is 5.69. The maximum atomic E-state index is 9.25. The third-order valence-corrected chi connectivity index (χ3v) is 3.23. The highest BCUT2D eigenvalue weighted by molar-refractivity contribution is 6.38. The van der Waals surface area contributed by atoms with E-state index in [0.717, 1.165) is 6.42 Å². The molecule has 96 valence electrons. The molecular weight excluding hydrogens is 273 g/mol. The van der Waals surface area contributed by atoms with E-state index in [0.29, 0.717) is 33.8 Å². The van der Waals surface area contributed by atoms with Gasteiger partial charge in [-0.25, -0.2) is 0 Å². The van der Waals surface area contributed by atoms with Crippen molar-refractivity contribution in [1.29, 1.82) is 0 Å². The molecule has 0 atom stereocenters. The van der Waals surface area contributed by atoms with Crippen LogP contribution in [0.4, 0.5) is 0 Å². The molecule has 1 heterocycles. The van der Waals surface area contributed by atoms with Gasteiger partial charge in [0.25, 0.3) is 0 Å². The lowest BCUT2D eigenvalue weighted by molar-refractivity contribution is 0.264. The van der Waals surface area contributed by atoms with Gasteiger partial charge in [-0.3, -0.25) is 0 Å². The number of aliphatic hydroxyl groups excluding tert-OH is 1. The van der Waals surface area contributed by atoms with Crippen LogP contribution in [0.3, 0.4) is 0 Å². The largest absolute Gasteiger partial charge is 0.388 e. The highest BCUT2D eigenvalue weighted by atomic mass is 35.5. The van der Waals surface area contributed by atoms with Crippen LogP contribution in [0.15, 0.2) is 18.2 Å². The first-order valence-electron chi connectivity index (χ1n) is 5.66. The van der Waals surface area contributed by atoms with Gasteiger partial charge in [-0.05, 0) is 18.6 Å². The van der Waals surface area contributed by atoms with E-state index in [9.17, 15) is 5.11 Å². The minimum absolute atomic E-state index is 0.158. The topological polar surface area (TPSA) is 50.9 Å². The van der Waals surface area contributed by atoms with Crippen LogP contribution in [-0.2, 0) is 13.2 Å². The zero-order valence-electron chi connectivity index (χ0n) is 9.90. The molecule has 0 aliphatic heterocycles. The standard InChI is InChI=1S/C12H13Cl2N3O/c1-2-6-17-10(7-18)15-16-12(17)11-8(13)4-3-5-9(11)14/h3-5,18H,2,6-7H2,1H3. The fourth-order valence-corrected chi connectivity index (χ4v) is 2.37. The Morgan fingerprint density at radius 1 is 1.22 bits per heavy atom. The van der Waals surface area contributed by atoms with Gasteiger partial charge in [0.15, 0.2) is 11.6 Å². The molecule has 0 amide bonds. The Kier molecular flexibility index (Phi) is 4.22. The van der Waals surface area contributed by atoms with Crippen molar-refractivity contribution in [2.24, 2.45) is 0 Å². The van der Waals surface area contributed by atoms with Gasteiger partial charge >= 0.3 is 0 Å². The molecule has 0 fully saturated rings. The summed E-state index contributed by atoms with van der Waals surface area (Å²) >= 11 is 12.3.